The molecule has 9 heteroatoms. The van der Waals surface area contributed by atoms with Crippen LogP contribution in [0.15, 0.2) is 24.3 Å². The van der Waals surface area contributed by atoms with E-state index in [4.69, 9.17) is 9.97 Å². The molecule has 2 aliphatic heterocycles. The first-order chi connectivity index (χ1) is 16.5. The molecule has 0 bridgehead atoms. The van der Waals surface area contributed by atoms with Crippen molar-refractivity contribution in [1.82, 2.24) is 30.0 Å². The molecule has 5 heterocycles. The second-order valence-electron chi connectivity index (χ2n) is 8.98. The van der Waals surface area contributed by atoms with Crippen molar-refractivity contribution in [3.8, 4) is 11.5 Å². The quantitative estimate of drug-likeness (QED) is 0.579. The number of anilines is 2. The van der Waals surface area contributed by atoms with E-state index in [0.717, 1.165) is 72.3 Å². The van der Waals surface area contributed by atoms with Gasteiger partial charge in [-0.1, -0.05) is 13.0 Å². The van der Waals surface area contributed by atoms with E-state index < -0.39 is 0 Å². The van der Waals surface area contributed by atoms with Gasteiger partial charge < -0.3 is 14.8 Å². The molecule has 0 radical (unpaired) electrons. The second kappa shape index (κ2) is 9.13. The summed E-state index contributed by atoms with van der Waals surface area (Å²) in [5, 5.41) is 11.9. The number of aromatic nitrogens is 5. The number of nitrogens with one attached hydrogen (secondary N) is 1. The fourth-order valence-corrected chi connectivity index (χ4v) is 5.09. The van der Waals surface area contributed by atoms with Crippen molar-refractivity contribution in [2.24, 2.45) is 0 Å². The van der Waals surface area contributed by atoms with Crippen molar-refractivity contribution >= 4 is 17.5 Å². The van der Waals surface area contributed by atoms with Gasteiger partial charge in [0, 0.05) is 37.7 Å². The number of aryl methyl sites for hydroxylation is 1. The highest BCUT2D eigenvalue weighted by molar-refractivity contribution is 6.10. The maximum absolute atomic E-state index is 13.6. The number of fused-ring (bicyclic) bond motifs is 1. The third-order valence-corrected chi connectivity index (χ3v) is 6.88. The lowest BCUT2D eigenvalue weighted by Crippen LogP contribution is -2.28. The number of carbonyl (C=O) groups excluding carboxylic acids is 1. The molecule has 0 spiro atoms. The lowest BCUT2D eigenvalue weighted by molar-refractivity contribution is 0.0996. The summed E-state index contributed by atoms with van der Waals surface area (Å²) < 4.78 is 2.07. The minimum Gasteiger partial charge on any atom is -0.354 e. The molecule has 0 aromatic carbocycles. The molecule has 0 saturated carbocycles. The molecule has 2 aliphatic rings. The maximum Gasteiger partial charge on any atom is 0.260 e. The topological polar surface area (TPSA) is 92.1 Å². The normalized spacial score (nSPS) is 17.6. The molecule has 3 aromatic heterocycles. The number of amides is 1. The van der Waals surface area contributed by atoms with Gasteiger partial charge in [-0.15, -0.1) is 10.2 Å². The zero-order chi connectivity index (χ0) is 23.8. The van der Waals surface area contributed by atoms with E-state index in [1.54, 1.807) is 4.90 Å². The van der Waals surface area contributed by atoms with Gasteiger partial charge in [-0.3, -0.25) is 9.69 Å². The van der Waals surface area contributed by atoms with Crippen LogP contribution in [0.1, 0.15) is 61.1 Å². The zero-order valence-corrected chi connectivity index (χ0v) is 20.4. The van der Waals surface area contributed by atoms with Crippen LogP contribution in [0.25, 0.3) is 11.5 Å². The van der Waals surface area contributed by atoms with Crippen LogP contribution in [0.3, 0.4) is 0 Å². The first-order valence-corrected chi connectivity index (χ1v) is 12.2. The standard InChI is InChI=1S/C25H32N8O/c1-5-21-29-30-24(31(21)6-2)19-10-7-11-22(27-19)33-15-18-17(25(33)34)13-23(28-20(18)14-26-4)32-12-8-9-16(32)3/h7,10-11,13,16,26H,5-6,8-9,12,14-15H2,1-4H3/t16-/m1/s1. The molecule has 1 fully saturated rings. The van der Waals surface area contributed by atoms with E-state index in [9.17, 15) is 4.79 Å². The predicted molar refractivity (Wildman–Crippen MR) is 132 cm³/mol. The highest BCUT2D eigenvalue weighted by Gasteiger charge is 2.34. The average molecular weight is 461 g/mol. The van der Waals surface area contributed by atoms with E-state index in [1.165, 1.54) is 0 Å². The van der Waals surface area contributed by atoms with Gasteiger partial charge in [0.2, 0.25) is 0 Å². The number of hydrogen-bond donors (Lipinski definition) is 1. The molecule has 1 amide bonds. The van der Waals surface area contributed by atoms with E-state index in [0.29, 0.717) is 24.9 Å². The smallest absolute Gasteiger partial charge is 0.260 e. The maximum atomic E-state index is 13.6. The Labute approximate surface area is 200 Å². The molecule has 9 nitrogen and oxygen atoms in total. The van der Waals surface area contributed by atoms with Gasteiger partial charge in [0.1, 0.15) is 23.2 Å². The Balaban J connectivity index is 1.51. The highest BCUT2D eigenvalue weighted by atomic mass is 16.2. The minimum absolute atomic E-state index is 0.0290. The van der Waals surface area contributed by atoms with Gasteiger partial charge in [0.25, 0.3) is 5.91 Å². The molecule has 178 valence electrons. The largest absolute Gasteiger partial charge is 0.354 e. The van der Waals surface area contributed by atoms with Crippen molar-refractivity contribution < 1.29 is 4.79 Å². The second-order valence-corrected chi connectivity index (χ2v) is 8.98. The summed E-state index contributed by atoms with van der Waals surface area (Å²) in [5.74, 6) is 3.15. The summed E-state index contributed by atoms with van der Waals surface area (Å²) in [6.07, 6.45) is 3.11. The van der Waals surface area contributed by atoms with Crippen LogP contribution in [0.5, 0.6) is 0 Å². The average Bonchev–Trinajstić information content (AvgIpc) is 3.56. The van der Waals surface area contributed by atoms with Crippen LogP contribution in [-0.4, -0.2) is 50.3 Å². The summed E-state index contributed by atoms with van der Waals surface area (Å²) in [7, 11) is 1.91. The van der Waals surface area contributed by atoms with Gasteiger partial charge in [0.15, 0.2) is 5.82 Å². The van der Waals surface area contributed by atoms with E-state index in [1.807, 2.05) is 31.3 Å². The molecule has 1 N–H and O–H groups in total. The highest BCUT2D eigenvalue weighted by Crippen LogP contribution is 2.34. The number of carbonyl (C=O) groups is 1. The molecule has 5 rings (SSSR count). The number of pyridine rings is 2. The molecule has 0 aliphatic carbocycles. The first kappa shape index (κ1) is 22.5. The van der Waals surface area contributed by atoms with Gasteiger partial charge in [0.05, 0.1) is 17.8 Å². The SMILES string of the molecule is CCc1nnc(-c2cccc(N3Cc4c(cc(N5CCC[C@H]5C)nc4CNC)C3=O)n2)n1CC. The van der Waals surface area contributed by atoms with Gasteiger partial charge in [-0.2, -0.15) is 0 Å². The lowest BCUT2D eigenvalue weighted by atomic mass is 10.1. The number of hydrogen-bond acceptors (Lipinski definition) is 7. The van der Waals surface area contributed by atoms with Crippen molar-refractivity contribution in [2.75, 3.05) is 23.4 Å². The van der Waals surface area contributed by atoms with Crippen LogP contribution in [0, 0.1) is 0 Å². The van der Waals surface area contributed by atoms with Crippen molar-refractivity contribution in [2.45, 2.75) is 65.7 Å². The van der Waals surface area contributed by atoms with E-state index in [-0.39, 0.29) is 5.91 Å². The van der Waals surface area contributed by atoms with Crippen LogP contribution in [-0.2, 0) is 26.1 Å². The summed E-state index contributed by atoms with van der Waals surface area (Å²) in [5.41, 5.74) is 3.36. The number of rotatable bonds is 7. The fraction of sp³-hybridized carbons (Fsp3) is 0.480. The summed E-state index contributed by atoms with van der Waals surface area (Å²) in [6.45, 7) is 9.19. The van der Waals surface area contributed by atoms with Crippen molar-refractivity contribution in [3.63, 3.8) is 0 Å². The summed E-state index contributed by atoms with van der Waals surface area (Å²) >= 11 is 0. The van der Waals surface area contributed by atoms with E-state index in [2.05, 4.69) is 45.8 Å². The Morgan fingerprint density at radius 1 is 1.15 bits per heavy atom. The Morgan fingerprint density at radius 2 is 2.00 bits per heavy atom. The molecular weight excluding hydrogens is 428 g/mol. The zero-order valence-electron chi connectivity index (χ0n) is 20.4. The molecule has 3 aromatic rings. The van der Waals surface area contributed by atoms with E-state index >= 15 is 0 Å². The minimum atomic E-state index is -0.0290. The third-order valence-electron chi connectivity index (χ3n) is 6.88. The molecule has 1 atom stereocenters. The monoisotopic (exact) mass is 460 g/mol. The molecule has 34 heavy (non-hydrogen) atoms. The Bertz CT molecular complexity index is 1220. The molecular formula is C25H32N8O. The molecule has 0 unspecified atom stereocenters. The Kier molecular flexibility index (Phi) is 6.03. The van der Waals surface area contributed by atoms with Crippen molar-refractivity contribution in [3.05, 3.63) is 46.9 Å². The van der Waals surface area contributed by atoms with Gasteiger partial charge in [-0.25, -0.2) is 9.97 Å². The lowest BCUT2D eigenvalue weighted by Gasteiger charge is -2.24. The molecule has 1 saturated heterocycles. The predicted octanol–water partition coefficient (Wildman–Crippen LogP) is 3.19. The Hall–Kier alpha value is -3.33. The fourth-order valence-electron chi connectivity index (χ4n) is 5.09. The third kappa shape index (κ3) is 3.73. The summed E-state index contributed by atoms with van der Waals surface area (Å²) in [6, 6.07) is 8.15. The number of nitrogens with zero attached hydrogens (tertiary/aromatic N) is 7. The van der Waals surface area contributed by atoms with Gasteiger partial charge >= 0.3 is 0 Å². The summed E-state index contributed by atoms with van der Waals surface area (Å²) in [4.78, 5) is 27.5. The first-order valence-electron chi connectivity index (χ1n) is 12.2. The van der Waals surface area contributed by atoms with Crippen LogP contribution < -0.4 is 15.1 Å². The van der Waals surface area contributed by atoms with Crippen molar-refractivity contribution in [1.29, 1.82) is 0 Å². The van der Waals surface area contributed by atoms with Gasteiger partial charge in [-0.05, 0) is 51.9 Å². The van der Waals surface area contributed by atoms with Crippen LogP contribution in [0.4, 0.5) is 11.6 Å². The Morgan fingerprint density at radius 3 is 2.71 bits per heavy atom. The van der Waals surface area contributed by atoms with Crippen LogP contribution >= 0.6 is 0 Å². The van der Waals surface area contributed by atoms with Crippen LogP contribution in [0.2, 0.25) is 0 Å².